The summed E-state index contributed by atoms with van der Waals surface area (Å²) < 4.78 is 58.3. The van der Waals surface area contributed by atoms with Gasteiger partial charge in [-0.15, -0.1) is 0 Å². The summed E-state index contributed by atoms with van der Waals surface area (Å²) in [5, 5.41) is 0. The fourth-order valence-corrected chi connectivity index (χ4v) is 4.36. The maximum atomic E-state index is 13.9. The van der Waals surface area contributed by atoms with Crippen molar-refractivity contribution in [3.8, 4) is 0 Å². The maximum Gasteiger partial charge on any atom is 0.416 e. The van der Waals surface area contributed by atoms with Crippen molar-refractivity contribution in [2.75, 3.05) is 39.9 Å². The SMILES string of the molecule is COCCN(CC1CN(Cc2cccc(C(F)(F)F)c2)CC1c1cccc(F)c1)C(C)=O. The quantitative estimate of drug-likeness (QED) is 0.551. The first-order valence-electron chi connectivity index (χ1n) is 10.6. The average molecular weight is 452 g/mol. The Kier molecular flexibility index (Phi) is 7.90. The number of rotatable bonds is 8. The molecule has 2 unspecified atom stereocenters. The van der Waals surface area contributed by atoms with Crippen LogP contribution in [-0.4, -0.2) is 55.6 Å². The van der Waals surface area contributed by atoms with Crippen molar-refractivity contribution in [1.82, 2.24) is 9.80 Å². The van der Waals surface area contributed by atoms with Gasteiger partial charge in [-0.3, -0.25) is 9.69 Å². The van der Waals surface area contributed by atoms with Gasteiger partial charge in [0.2, 0.25) is 5.91 Å². The van der Waals surface area contributed by atoms with Crippen LogP contribution < -0.4 is 0 Å². The van der Waals surface area contributed by atoms with Gasteiger partial charge in [-0.1, -0.05) is 30.3 Å². The number of ether oxygens (including phenoxy) is 1. The zero-order valence-electron chi connectivity index (χ0n) is 18.2. The van der Waals surface area contributed by atoms with Crippen molar-refractivity contribution in [3.63, 3.8) is 0 Å². The summed E-state index contributed by atoms with van der Waals surface area (Å²) in [6.45, 7) is 4.34. The molecule has 8 heteroatoms. The van der Waals surface area contributed by atoms with Crippen LogP contribution >= 0.6 is 0 Å². The van der Waals surface area contributed by atoms with Crippen LogP contribution in [0.2, 0.25) is 0 Å². The van der Waals surface area contributed by atoms with Crippen LogP contribution in [0.3, 0.4) is 0 Å². The first-order chi connectivity index (χ1) is 15.2. The van der Waals surface area contributed by atoms with Crippen LogP contribution in [0.5, 0.6) is 0 Å². The number of carbonyl (C=O) groups is 1. The van der Waals surface area contributed by atoms with E-state index in [1.54, 1.807) is 24.1 Å². The summed E-state index contributed by atoms with van der Waals surface area (Å²) in [6, 6.07) is 11.7. The molecule has 4 nitrogen and oxygen atoms in total. The Morgan fingerprint density at radius 1 is 1.16 bits per heavy atom. The standard InChI is InChI=1S/C24H28F4N2O2/c1-17(31)30(9-10-32-2)15-20-14-29(16-23(20)19-6-4-8-22(25)12-19)13-18-5-3-7-21(11-18)24(26,27)28/h3-8,11-12,20,23H,9-10,13-16H2,1-2H3. The maximum absolute atomic E-state index is 13.9. The van der Waals surface area contributed by atoms with Crippen LogP contribution in [-0.2, 0) is 22.3 Å². The second kappa shape index (κ2) is 10.4. The Morgan fingerprint density at radius 2 is 1.91 bits per heavy atom. The summed E-state index contributed by atoms with van der Waals surface area (Å²) in [6.07, 6.45) is -4.39. The Morgan fingerprint density at radius 3 is 2.56 bits per heavy atom. The summed E-state index contributed by atoms with van der Waals surface area (Å²) in [7, 11) is 1.57. The zero-order chi connectivity index (χ0) is 23.3. The third-order valence-electron chi connectivity index (χ3n) is 5.92. The second-order valence-electron chi connectivity index (χ2n) is 8.27. The van der Waals surface area contributed by atoms with Crippen LogP contribution in [0.25, 0.3) is 0 Å². The third-order valence-corrected chi connectivity index (χ3v) is 5.92. The smallest absolute Gasteiger partial charge is 0.383 e. The molecule has 1 aliphatic rings. The third kappa shape index (κ3) is 6.29. The normalized spacial score (nSPS) is 19.3. The molecule has 2 aromatic carbocycles. The van der Waals surface area contributed by atoms with Gasteiger partial charge in [-0.25, -0.2) is 4.39 Å². The lowest BCUT2D eigenvalue weighted by Gasteiger charge is -2.27. The molecule has 0 bridgehead atoms. The van der Waals surface area contributed by atoms with Gasteiger partial charge in [-0.05, 0) is 35.2 Å². The molecular formula is C24H28F4N2O2. The first-order valence-corrected chi connectivity index (χ1v) is 10.6. The minimum atomic E-state index is -4.39. The molecule has 0 radical (unpaired) electrons. The van der Waals surface area contributed by atoms with E-state index < -0.39 is 11.7 Å². The molecule has 3 rings (SSSR count). The Bertz CT molecular complexity index is 919. The molecular weight excluding hydrogens is 424 g/mol. The fraction of sp³-hybridized carbons (Fsp3) is 0.458. The molecule has 0 saturated carbocycles. The van der Waals surface area contributed by atoms with E-state index in [4.69, 9.17) is 4.74 Å². The van der Waals surface area contributed by atoms with Crippen molar-refractivity contribution in [2.24, 2.45) is 5.92 Å². The van der Waals surface area contributed by atoms with Gasteiger partial charge >= 0.3 is 6.18 Å². The van der Waals surface area contributed by atoms with E-state index in [9.17, 15) is 22.4 Å². The molecule has 0 spiro atoms. The molecule has 32 heavy (non-hydrogen) atoms. The Hall–Kier alpha value is -2.45. The lowest BCUT2D eigenvalue weighted by Crippen LogP contribution is -2.38. The van der Waals surface area contributed by atoms with Gasteiger partial charge in [-0.2, -0.15) is 13.2 Å². The van der Waals surface area contributed by atoms with E-state index in [1.807, 2.05) is 6.07 Å². The van der Waals surface area contributed by atoms with Crippen molar-refractivity contribution in [1.29, 1.82) is 0 Å². The van der Waals surface area contributed by atoms with Crippen molar-refractivity contribution < 1.29 is 27.1 Å². The van der Waals surface area contributed by atoms with E-state index in [0.29, 0.717) is 44.9 Å². The average Bonchev–Trinajstić information content (AvgIpc) is 3.12. The topological polar surface area (TPSA) is 32.8 Å². The molecule has 0 aromatic heterocycles. The zero-order valence-corrected chi connectivity index (χ0v) is 18.2. The minimum Gasteiger partial charge on any atom is -0.383 e. The summed E-state index contributed by atoms with van der Waals surface area (Å²) >= 11 is 0. The van der Waals surface area contributed by atoms with Gasteiger partial charge < -0.3 is 9.64 Å². The molecule has 1 fully saturated rings. The minimum absolute atomic E-state index is 0.0170. The van der Waals surface area contributed by atoms with E-state index in [0.717, 1.165) is 11.6 Å². The van der Waals surface area contributed by atoms with E-state index in [1.165, 1.54) is 31.2 Å². The fourth-order valence-electron chi connectivity index (χ4n) is 4.36. The van der Waals surface area contributed by atoms with Crippen molar-refractivity contribution in [3.05, 3.63) is 71.0 Å². The lowest BCUT2D eigenvalue weighted by atomic mass is 9.88. The number of alkyl halides is 3. The first kappa shape index (κ1) is 24.2. The Balaban J connectivity index is 1.80. The number of amides is 1. The molecule has 2 atom stereocenters. The van der Waals surface area contributed by atoms with Gasteiger partial charge in [0.05, 0.1) is 12.2 Å². The monoisotopic (exact) mass is 452 g/mol. The van der Waals surface area contributed by atoms with Gasteiger partial charge in [0.1, 0.15) is 5.82 Å². The van der Waals surface area contributed by atoms with Crippen molar-refractivity contribution in [2.45, 2.75) is 25.6 Å². The predicted octanol–water partition coefficient (Wildman–Crippen LogP) is 4.56. The van der Waals surface area contributed by atoms with Crippen LogP contribution in [0.1, 0.15) is 29.5 Å². The lowest BCUT2D eigenvalue weighted by molar-refractivity contribution is -0.137. The highest BCUT2D eigenvalue weighted by Crippen LogP contribution is 2.35. The van der Waals surface area contributed by atoms with Gasteiger partial charge in [0, 0.05) is 52.7 Å². The molecule has 1 amide bonds. The van der Waals surface area contributed by atoms with Gasteiger partial charge in [0.15, 0.2) is 0 Å². The number of carbonyl (C=O) groups excluding carboxylic acids is 1. The summed E-state index contributed by atoms with van der Waals surface area (Å²) in [5.41, 5.74) is 0.729. The number of halogens is 4. The number of methoxy groups -OCH3 is 1. The van der Waals surface area contributed by atoms with Crippen LogP contribution in [0, 0.1) is 11.7 Å². The summed E-state index contributed by atoms with van der Waals surface area (Å²) in [4.78, 5) is 15.9. The molecule has 2 aromatic rings. The predicted molar refractivity (Wildman–Crippen MR) is 113 cm³/mol. The highest BCUT2D eigenvalue weighted by Gasteiger charge is 2.36. The molecule has 0 N–H and O–H groups in total. The molecule has 1 heterocycles. The molecule has 1 saturated heterocycles. The number of hydrogen-bond acceptors (Lipinski definition) is 3. The molecule has 0 aliphatic carbocycles. The van der Waals surface area contributed by atoms with Crippen molar-refractivity contribution >= 4 is 5.91 Å². The van der Waals surface area contributed by atoms with Crippen LogP contribution in [0.4, 0.5) is 17.6 Å². The number of likely N-dealkylation sites (tertiary alicyclic amines) is 1. The van der Waals surface area contributed by atoms with E-state index in [2.05, 4.69) is 4.90 Å². The van der Waals surface area contributed by atoms with Gasteiger partial charge in [0.25, 0.3) is 0 Å². The highest BCUT2D eigenvalue weighted by atomic mass is 19.4. The Labute approximate surface area is 185 Å². The number of nitrogens with zero attached hydrogens (tertiary/aromatic N) is 2. The summed E-state index contributed by atoms with van der Waals surface area (Å²) in [5.74, 6) is -0.430. The number of benzene rings is 2. The molecule has 174 valence electrons. The van der Waals surface area contributed by atoms with Crippen LogP contribution in [0.15, 0.2) is 48.5 Å². The molecule has 1 aliphatic heterocycles. The van der Waals surface area contributed by atoms with E-state index >= 15 is 0 Å². The number of hydrogen-bond donors (Lipinski definition) is 0. The van der Waals surface area contributed by atoms with E-state index in [-0.39, 0.29) is 23.6 Å². The largest absolute Gasteiger partial charge is 0.416 e. The second-order valence-corrected chi connectivity index (χ2v) is 8.27. The highest BCUT2D eigenvalue weighted by molar-refractivity contribution is 5.73.